The molecule has 0 unspecified atom stereocenters. The molecule has 0 radical (unpaired) electrons. The van der Waals surface area contributed by atoms with Crippen molar-refractivity contribution in [1.82, 2.24) is 9.88 Å². The highest BCUT2D eigenvalue weighted by atomic mass is 35.5. The van der Waals surface area contributed by atoms with Crippen molar-refractivity contribution in [3.8, 4) is 5.88 Å². The van der Waals surface area contributed by atoms with E-state index >= 15 is 0 Å². The first-order valence-corrected chi connectivity index (χ1v) is 8.11. The van der Waals surface area contributed by atoms with Crippen LogP contribution in [-0.4, -0.2) is 39.5 Å². The standard InChI is InChI=1S/C18H19ClN2O4/c1-12(2)25-16-8-5-14(9-20-16)18(24)21(11-17(22)23)10-13-3-6-15(19)7-4-13/h3-9,12H,10-11H2,1-2H3,(H,22,23). The second kappa shape index (κ2) is 8.48. The van der Waals surface area contributed by atoms with Crippen LogP contribution in [0.5, 0.6) is 5.88 Å². The third kappa shape index (κ3) is 5.76. The number of halogens is 1. The van der Waals surface area contributed by atoms with Gasteiger partial charge in [0.25, 0.3) is 5.91 Å². The van der Waals surface area contributed by atoms with E-state index in [1.165, 1.54) is 11.1 Å². The molecule has 0 atom stereocenters. The van der Waals surface area contributed by atoms with Gasteiger partial charge in [-0.2, -0.15) is 0 Å². The molecule has 132 valence electrons. The molecule has 0 aliphatic heterocycles. The van der Waals surface area contributed by atoms with E-state index in [-0.39, 0.29) is 12.6 Å². The van der Waals surface area contributed by atoms with Crippen LogP contribution < -0.4 is 4.74 Å². The molecule has 1 heterocycles. The van der Waals surface area contributed by atoms with E-state index < -0.39 is 18.4 Å². The minimum atomic E-state index is -1.09. The van der Waals surface area contributed by atoms with Crippen LogP contribution in [0.2, 0.25) is 5.02 Å². The minimum absolute atomic E-state index is 0.0255. The number of pyridine rings is 1. The molecule has 0 fully saturated rings. The first-order chi connectivity index (χ1) is 11.8. The van der Waals surface area contributed by atoms with Gasteiger partial charge in [0.1, 0.15) is 6.54 Å². The molecular formula is C18H19ClN2O4. The lowest BCUT2D eigenvalue weighted by molar-refractivity contribution is -0.137. The van der Waals surface area contributed by atoms with Crippen LogP contribution in [-0.2, 0) is 11.3 Å². The van der Waals surface area contributed by atoms with Crippen LogP contribution >= 0.6 is 11.6 Å². The van der Waals surface area contributed by atoms with Gasteiger partial charge in [0, 0.05) is 23.8 Å². The van der Waals surface area contributed by atoms with Crippen molar-refractivity contribution in [2.45, 2.75) is 26.5 Å². The Kier molecular flexibility index (Phi) is 6.36. The van der Waals surface area contributed by atoms with Crippen LogP contribution in [0.4, 0.5) is 0 Å². The van der Waals surface area contributed by atoms with E-state index in [0.29, 0.717) is 16.5 Å². The fourth-order valence-corrected chi connectivity index (χ4v) is 2.30. The first-order valence-electron chi connectivity index (χ1n) is 7.73. The van der Waals surface area contributed by atoms with Gasteiger partial charge in [0.2, 0.25) is 5.88 Å². The van der Waals surface area contributed by atoms with E-state index in [4.69, 9.17) is 21.4 Å². The van der Waals surface area contributed by atoms with Crippen molar-refractivity contribution in [2.24, 2.45) is 0 Å². The van der Waals surface area contributed by atoms with Gasteiger partial charge in [-0.15, -0.1) is 0 Å². The maximum atomic E-state index is 12.6. The average molecular weight is 363 g/mol. The maximum Gasteiger partial charge on any atom is 0.323 e. The molecule has 6 nitrogen and oxygen atoms in total. The summed E-state index contributed by atoms with van der Waals surface area (Å²) in [4.78, 5) is 29.1. The molecule has 0 bridgehead atoms. The molecular weight excluding hydrogens is 344 g/mol. The summed E-state index contributed by atoms with van der Waals surface area (Å²) < 4.78 is 5.44. The topological polar surface area (TPSA) is 79.7 Å². The number of nitrogens with zero attached hydrogens (tertiary/aromatic N) is 2. The van der Waals surface area contributed by atoms with Crippen molar-refractivity contribution in [2.75, 3.05) is 6.54 Å². The molecule has 2 aromatic rings. The molecule has 0 aliphatic rings. The lowest BCUT2D eigenvalue weighted by atomic mass is 10.2. The molecule has 2 rings (SSSR count). The number of carboxylic acid groups (broad SMARTS) is 1. The van der Waals surface area contributed by atoms with Gasteiger partial charge in [-0.1, -0.05) is 23.7 Å². The van der Waals surface area contributed by atoms with Crippen molar-refractivity contribution in [3.63, 3.8) is 0 Å². The summed E-state index contributed by atoms with van der Waals surface area (Å²) in [5, 5.41) is 9.67. The summed E-state index contributed by atoms with van der Waals surface area (Å²) >= 11 is 5.85. The lowest BCUT2D eigenvalue weighted by Gasteiger charge is -2.21. The van der Waals surface area contributed by atoms with Gasteiger partial charge in [0.15, 0.2) is 0 Å². The van der Waals surface area contributed by atoms with Crippen LogP contribution in [0.15, 0.2) is 42.6 Å². The molecule has 1 N–H and O–H groups in total. The maximum absolute atomic E-state index is 12.6. The molecule has 0 aliphatic carbocycles. The van der Waals surface area contributed by atoms with Crippen molar-refractivity contribution >= 4 is 23.5 Å². The van der Waals surface area contributed by atoms with E-state index in [1.807, 2.05) is 13.8 Å². The number of aliphatic carboxylic acids is 1. The van der Waals surface area contributed by atoms with Crippen LogP contribution in [0, 0.1) is 0 Å². The van der Waals surface area contributed by atoms with Gasteiger partial charge < -0.3 is 14.7 Å². The quantitative estimate of drug-likeness (QED) is 0.817. The molecule has 7 heteroatoms. The average Bonchev–Trinajstić information content (AvgIpc) is 2.55. The molecule has 1 aromatic carbocycles. The second-order valence-electron chi connectivity index (χ2n) is 5.73. The zero-order valence-corrected chi connectivity index (χ0v) is 14.7. The number of rotatable bonds is 7. The predicted molar refractivity (Wildman–Crippen MR) is 93.8 cm³/mol. The zero-order valence-electron chi connectivity index (χ0n) is 14.0. The number of hydrogen-bond acceptors (Lipinski definition) is 4. The van der Waals surface area contributed by atoms with Crippen LogP contribution in [0.1, 0.15) is 29.8 Å². The molecule has 0 saturated carbocycles. The van der Waals surface area contributed by atoms with Crippen LogP contribution in [0.25, 0.3) is 0 Å². The molecule has 25 heavy (non-hydrogen) atoms. The van der Waals surface area contributed by atoms with E-state index in [2.05, 4.69) is 4.98 Å². The fraction of sp³-hybridized carbons (Fsp3) is 0.278. The molecule has 1 aromatic heterocycles. The summed E-state index contributed by atoms with van der Waals surface area (Å²) in [7, 11) is 0. The third-order valence-electron chi connectivity index (χ3n) is 3.24. The fourth-order valence-electron chi connectivity index (χ4n) is 2.17. The summed E-state index contributed by atoms with van der Waals surface area (Å²) in [6.45, 7) is 3.50. The molecule has 0 spiro atoms. The van der Waals surface area contributed by atoms with E-state index in [0.717, 1.165) is 5.56 Å². The van der Waals surface area contributed by atoms with E-state index in [1.54, 1.807) is 36.4 Å². The highest BCUT2D eigenvalue weighted by Crippen LogP contribution is 2.15. The Morgan fingerprint density at radius 3 is 2.40 bits per heavy atom. The van der Waals surface area contributed by atoms with Gasteiger partial charge in [-0.3, -0.25) is 9.59 Å². The number of amides is 1. The van der Waals surface area contributed by atoms with Crippen molar-refractivity contribution < 1.29 is 19.4 Å². The Morgan fingerprint density at radius 2 is 1.88 bits per heavy atom. The van der Waals surface area contributed by atoms with Gasteiger partial charge in [-0.05, 0) is 37.6 Å². The first kappa shape index (κ1) is 18.7. The normalized spacial score (nSPS) is 10.6. The minimum Gasteiger partial charge on any atom is -0.480 e. The number of carboxylic acids is 1. The van der Waals surface area contributed by atoms with Gasteiger partial charge in [0.05, 0.1) is 11.7 Å². The SMILES string of the molecule is CC(C)Oc1ccc(C(=O)N(CC(=O)O)Cc2ccc(Cl)cc2)cn1. The summed E-state index contributed by atoms with van der Waals surface area (Å²) in [5.41, 5.74) is 1.08. The number of carbonyl (C=O) groups is 2. The number of hydrogen-bond donors (Lipinski definition) is 1. The van der Waals surface area contributed by atoms with E-state index in [9.17, 15) is 9.59 Å². The Balaban J connectivity index is 2.17. The van der Waals surface area contributed by atoms with Gasteiger partial charge in [-0.25, -0.2) is 4.98 Å². The largest absolute Gasteiger partial charge is 0.480 e. The second-order valence-corrected chi connectivity index (χ2v) is 6.17. The number of aromatic nitrogens is 1. The molecule has 1 amide bonds. The Bertz CT molecular complexity index is 730. The molecule has 0 saturated heterocycles. The Labute approximate surface area is 151 Å². The number of carbonyl (C=O) groups excluding carboxylic acids is 1. The third-order valence-corrected chi connectivity index (χ3v) is 3.49. The predicted octanol–water partition coefficient (Wildman–Crippen LogP) is 3.25. The highest BCUT2D eigenvalue weighted by molar-refractivity contribution is 6.30. The summed E-state index contributed by atoms with van der Waals surface area (Å²) in [6, 6.07) is 10.1. The summed E-state index contributed by atoms with van der Waals surface area (Å²) in [6.07, 6.45) is 1.36. The van der Waals surface area contributed by atoms with Crippen molar-refractivity contribution in [1.29, 1.82) is 0 Å². The monoisotopic (exact) mass is 362 g/mol. The Hall–Kier alpha value is -2.60. The smallest absolute Gasteiger partial charge is 0.323 e. The number of benzene rings is 1. The number of ether oxygens (including phenoxy) is 1. The zero-order chi connectivity index (χ0) is 18.4. The van der Waals surface area contributed by atoms with Crippen LogP contribution in [0.3, 0.4) is 0 Å². The highest BCUT2D eigenvalue weighted by Gasteiger charge is 2.19. The Morgan fingerprint density at radius 1 is 1.20 bits per heavy atom. The van der Waals surface area contributed by atoms with Crippen molar-refractivity contribution in [3.05, 3.63) is 58.7 Å². The summed E-state index contributed by atoms with van der Waals surface area (Å²) in [5.74, 6) is -1.09. The lowest BCUT2D eigenvalue weighted by Crippen LogP contribution is -2.35. The van der Waals surface area contributed by atoms with Gasteiger partial charge >= 0.3 is 5.97 Å².